The highest BCUT2D eigenvalue weighted by molar-refractivity contribution is 5.85. The van der Waals surface area contributed by atoms with Crippen LogP contribution in [0.5, 0.6) is 5.75 Å². The van der Waals surface area contributed by atoms with Crippen molar-refractivity contribution in [2.45, 2.75) is 32.7 Å². The average molecular weight is 258 g/mol. The van der Waals surface area contributed by atoms with E-state index in [9.17, 15) is 5.11 Å². The third-order valence-corrected chi connectivity index (χ3v) is 3.64. The van der Waals surface area contributed by atoms with Crippen LogP contribution >= 0.6 is 12.4 Å². The van der Waals surface area contributed by atoms with E-state index < -0.39 is 0 Å². The average Bonchev–Trinajstić information content (AvgIpc) is 2.18. The van der Waals surface area contributed by atoms with Gasteiger partial charge in [0.05, 0.1) is 0 Å². The summed E-state index contributed by atoms with van der Waals surface area (Å²) in [4.78, 5) is 2.26. The number of hydrogen-bond acceptors (Lipinski definition) is 2. The highest BCUT2D eigenvalue weighted by atomic mass is 35.5. The molecule has 0 aliphatic heterocycles. The molecule has 0 amide bonds. The van der Waals surface area contributed by atoms with Gasteiger partial charge in [0.1, 0.15) is 5.75 Å². The zero-order chi connectivity index (χ0) is 12.3. The summed E-state index contributed by atoms with van der Waals surface area (Å²) in [5, 5.41) is 9.62. The summed E-state index contributed by atoms with van der Waals surface area (Å²) >= 11 is 0. The van der Waals surface area contributed by atoms with Crippen LogP contribution in [0.3, 0.4) is 0 Å². The molecule has 0 unspecified atom stereocenters. The summed E-state index contributed by atoms with van der Waals surface area (Å²) in [7, 11) is 4.21. The van der Waals surface area contributed by atoms with E-state index in [4.69, 9.17) is 0 Å². The van der Waals surface area contributed by atoms with E-state index in [2.05, 4.69) is 45.8 Å². The van der Waals surface area contributed by atoms with Crippen LogP contribution in [-0.4, -0.2) is 24.1 Å². The van der Waals surface area contributed by atoms with Gasteiger partial charge < -0.3 is 5.11 Å². The van der Waals surface area contributed by atoms with Gasteiger partial charge in [0.25, 0.3) is 0 Å². The van der Waals surface area contributed by atoms with Gasteiger partial charge in [0.15, 0.2) is 0 Å². The van der Waals surface area contributed by atoms with Gasteiger partial charge in [0.2, 0.25) is 0 Å². The molecule has 98 valence electrons. The molecular formula is C14H24ClNO. The molecule has 2 nitrogen and oxygen atoms in total. The van der Waals surface area contributed by atoms with Gasteiger partial charge in [0, 0.05) is 5.54 Å². The smallest absolute Gasteiger partial charge is 0.115 e. The number of nitrogens with zero attached hydrogens (tertiary/aromatic N) is 1. The Morgan fingerprint density at radius 1 is 1.29 bits per heavy atom. The quantitative estimate of drug-likeness (QED) is 0.890. The Morgan fingerprint density at radius 3 is 2.24 bits per heavy atom. The fourth-order valence-electron chi connectivity index (χ4n) is 2.81. The molecule has 1 aromatic rings. The van der Waals surface area contributed by atoms with Crippen molar-refractivity contribution in [2.75, 3.05) is 14.1 Å². The predicted octanol–water partition coefficient (Wildman–Crippen LogP) is 3.64. The normalized spacial score (nSPS) is 14.5. The maximum atomic E-state index is 9.62. The molecule has 0 heterocycles. The van der Waals surface area contributed by atoms with E-state index >= 15 is 0 Å². The molecule has 0 saturated carbocycles. The van der Waals surface area contributed by atoms with Gasteiger partial charge in [-0.05, 0) is 44.1 Å². The van der Waals surface area contributed by atoms with E-state index in [-0.39, 0.29) is 17.9 Å². The zero-order valence-corrected chi connectivity index (χ0v) is 12.2. The van der Waals surface area contributed by atoms with Gasteiger partial charge in [-0.3, -0.25) is 4.90 Å². The first kappa shape index (κ1) is 16.3. The number of phenols is 1. The van der Waals surface area contributed by atoms with Crippen LogP contribution in [0.2, 0.25) is 0 Å². The van der Waals surface area contributed by atoms with Crippen molar-refractivity contribution < 1.29 is 5.11 Å². The number of rotatable bonds is 4. The summed E-state index contributed by atoms with van der Waals surface area (Å²) in [6, 6.07) is 7.62. The monoisotopic (exact) mass is 257 g/mol. The summed E-state index contributed by atoms with van der Waals surface area (Å²) in [5.74, 6) is 0.840. The minimum Gasteiger partial charge on any atom is -0.508 e. The highest BCUT2D eigenvalue weighted by Crippen LogP contribution is 2.38. The maximum absolute atomic E-state index is 9.62. The van der Waals surface area contributed by atoms with E-state index in [1.807, 2.05) is 12.1 Å². The Balaban J connectivity index is 0.00000256. The van der Waals surface area contributed by atoms with Crippen molar-refractivity contribution >= 4 is 12.4 Å². The van der Waals surface area contributed by atoms with E-state index in [1.165, 1.54) is 5.56 Å². The first-order valence-corrected chi connectivity index (χ1v) is 5.92. The fourth-order valence-corrected chi connectivity index (χ4v) is 2.81. The fraction of sp³-hybridized carbons (Fsp3) is 0.571. The molecule has 0 aromatic heterocycles. The Labute approximate surface area is 111 Å². The van der Waals surface area contributed by atoms with Crippen LogP contribution in [0.15, 0.2) is 24.3 Å². The Kier molecular flexibility index (Phi) is 6.00. The predicted molar refractivity (Wildman–Crippen MR) is 75.8 cm³/mol. The molecule has 0 radical (unpaired) electrons. The van der Waals surface area contributed by atoms with Crippen LogP contribution in [0, 0.1) is 5.92 Å². The van der Waals surface area contributed by atoms with Gasteiger partial charge in [-0.2, -0.15) is 0 Å². The van der Waals surface area contributed by atoms with Crippen molar-refractivity contribution in [3.8, 4) is 5.75 Å². The van der Waals surface area contributed by atoms with E-state index in [0.29, 0.717) is 11.7 Å². The van der Waals surface area contributed by atoms with Crippen LogP contribution in [0.25, 0.3) is 0 Å². The summed E-state index contributed by atoms with van der Waals surface area (Å²) < 4.78 is 0. The third kappa shape index (κ3) is 2.93. The molecule has 3 heteroatoms. The van der Waals surface area contributed by atoms with Crippen molar-refractivity contribution in [1.29, 1.82) is 0 Å². The third-order valence-electron chi connectivity index (χ3n) is 3.64. The van der Waals surface area contributed by atoms with Gasteiger partial charge in [-0.25, -0.2) is 0 Å². The zero-order valence-electron chi connectivity index (χ0n) is 11.4. The minimum absolute atomic E-state index is 0. The largest absolute Gasteiger partial charge is 0.508 e. The molecular weight excluding hydrogens is 234 g/mol. The second-order valence-electron chi connectivity index (χ2n) is 4.88. The summed E-state index contributed by atoms with van der Waals surface area (Å²) in [5.41, 5.74) is 1.19. The number of hydrogen-bond donors (Lipinski definition) is 1. The first-order valence-electron chi connectivity index (χ1n) is 5.92. The second kappa shape index (κ2) is 6.27. The molecule has 0 aliphatic rings. The molecule has 0 saturated heterocycles. The molecule has 0 aliphatic carbocycles. The highest BCUT2D eigenvalue weighted by Gasteiger charge is 2.36. The topological polar surface area (TPSA) is 23.5 Å². The molecule has 17 heavy (non-hydrogen) atoms. The molecule has 0 fully saturated rings. The lowest BCUT2D eigenvalue weighted by molar-refractivity contribution is 0.0872. The molecule has 0 spiro atoms. The van der Waals surface area contributed by atoms with Crippen molar-refractivity contribution in [3.05, 3.63) is 29.8 Å². The number of benzene rings is 1. The summed E-state index contributed by atoms with van der Waals surface area (Å²) in [6.45, 7) is 6.66. The molecule has 1 rings (SSSR count). The Hall–Kier alpha value is -0.730. The van der Waals surface area contributed by atoms with Crippen molar-refractivity contribution in [1.82, 2.24) is 4.90 Å². The van der Waals surface area contributed by atoms with Gasteiger partial charge in [-0.15, -0.1) is 12.4 Å². The first-order chi connectivity index (χ1) is 7.45. The second-order valence-corrected chi connectivity index (χ2v) is 4.88. The van der Waals surface area contributed by atoms with Crippen LogP contribution in [-0.2, 0) is 5.54 Å². The van der Waals surface area contributed by atoms with Gasteiger partial charge >= 0.3 is 0 Å². The lowest BCUT2D eigenvalue weighted by Gasteiger charge is -2.43. The van der Waals surface area contributed by atoms with Crippen LogP contribution in [0.1, 0.15) is 32.8 Å². The van der Waals surface area contributed by atoms with E-state index in [1.54, 1.807) is 6.07 Å². The standard InChI is InChI=1S/C14H23NO.ClH/c1-6-14(11(2)3,15(4)5)12-8-7-9-13(16)10-12;/h7-11,16H,6H2,1-5H3;1H/t14-;/m1./s1. The number of halogens is 1. The summed E-state index contributed by atoms with van der Waals surface area (Å²) in [6.07, 6.45) is 1.03. The molecule has 1 N–H and O–H groups in total. The van der Waals surface area contributed by atoms with E-state index in [0.717, 1.165) is 6.42 Å². The molecule has 1 atom stereocenters. The molecule has 1 aromatic carbocycles. The van der Waals surface area contributed by atoms with Gasteiger partial charge in [-0.1, -0.05) is 32.9 Å². The Morgan fingerprint density at radius 2 is 1.88 bits per heavy atom. The van der Waals surface area contributed by atoms with Crippen LogP contribution < -0.4 is 0 Å². The van der Waals surface area contributed by atoms with Crippen molar-refractivity contribution in [2.24, 2.45) is 5.92 Å². The lowest BCUT2D eigenvalue weighted by Crippen LogP contribution is -2.45. The SMILES string of the molecule is CC[C@](c1cccc(O)c1)(C(C)C)N(C)C.Cl. The number of phenolic OH excluding ortho intramolecular Hbond substituents is 1. The maximum Gasteiger partial charge on any atom is 0.115 e. The van der Waals surface area contributed by atoms with Crippen molar-refractivity contribution in [3.63, 3.8) is 0 Å². The molecule has 0 bridgehead atoms. The minimum atomic E-state index is -0.00125. The number of aromatic hydroxyl groups is 1. The Bertz CT molecular complexity index is 342. The lowest BCUT2D eigenvalue weighted by atomic mass is 9.76. The van der Waals surface area contributed by atoms with Crippen LogP contribution in [0.4, 0.5) is 0 Å².